The summed E-state index contributed by atoms with van der Waals surface area (Å²) in [5.74, 6) is 1.34. The van der Waals surface area contributed by atoms with Gasteiger partial charge in [0.2, 0.25) is 11.8 Å². The normalized spacial score (nSPS) is 12.0. The second kappa shape index (κ2) is 12.1. The number of nitrogens with zero attached hydrogens (tertiary/aromatic N) is 1. The average Bonchev–Trinajstić information content (AvgIpc) is 2.76. The Morgan fingerprint density at radius 2 is 1.66 bits per heavy atom. The summed E-state index contributed by atoms with van der Waals surface area (Å²) < 4.78 is 10.9. The number of amides is 2. The first-order valence-corrected chi connectivity index (χ1v) is 11.2. The van der Waals surface area contributed by atoms with Crippen molar-refractivity contribution in [3.63, 3.8) is 0 Å². The number of carbonyl (C=O) groups is 2. The molecule has 6 heteroatoms. The zero-order valence-corrected chi connectivity index (χ0v) is 19.9. The van der Waals surface area contributed by atoms with Crippen molar-refractivity contribution in [3.8, 4) is 11.5 Å². The number of rotatable bonds is 11. The fourth-order valence-electron chi connectivity index (χ4n) is 3.37. The number of hydrogen-bond donors (Lipinski definition) is 1. The van der Waals surface area contributed by atoms with E-state index in [0.29, 0.717) is 32.4 Å². The molecule has 32 heavy (non-hydrogen) atoms. The van der Waals surface area contributed by atoms with Crippen LogP contribution in [0.5, 0.6) is 11.5 Å². The molecule has 6 nitrogen and oxygen atoms in total. The zero-order chi connectivity index (χ0) is 23.6. The molecular formula is C26H36N2O4. The van der Waals surface area contributed by atoms with Gasteiger partial charge in [0.25, 0.3) is 0 Å². The molecule has 0 fully saturated rings. The van der Waals surface area contributed by atoms with E-state index >= 15 is 0 Å². The van der Waals surface area contributed by atoms with Gasteiger partial charge in [0.05, 0.1) is 13.7 Å². The van der Waals surface area contributed by atoms with E-state index in [1.54, 1.807) is 12.0 Å². The van der Waals surface area contributed by atoms with Crippen molar-refractivity contribution < 1.29 is 19.1 Å². The predicted molar refractivity (Wildman–Crippen MR) is 127 cm³/mol. The highest BCUT2D eigenvalue weighted by molar-refractivity contribution is 5.88. The van der Waals surface area contributed by atoms with Crippen molar-refractivity contribution in [1.82, 2.24) is 10.2 Å². The Balaban J connectivity index is 2.09. The van der Waals surface area contributed by atoms with Crippen LogP contribution >= 0.6 is 0 Å². The molecule has 2 amide bonds. The van der Waals surface area contributed by atoms with Crippen LogP contribution < -0.4 is 14.8 Å². The number of ether oxygens (including phenoxy) is 2. The molecule has 1 unspecified atom stereocenters. The number of benzene rings is 2. The van der Waals surface area contributed by atoms with E-state index in [0.717, 1.165) is 17.1 Å². The lowest BCUT2D eigenvalue weighted by Crippen LogP contribution is -2.53. The Labute approximate surface area is 191 Å². The Kier molecular flexibility index (Phi) is 9.57. The molecule has 1 atom stereocenters. The molecule has 2 aromatic rings. The Morgan fingerprint density at radius 3 is 2.22 bits per heavy atom. The number of hydrogen-bond acceptors (Lipinski definition) is 4. The second-order valence-electron chi connectivity index (χ2n) is 8.80. The molecule has 0 radical (unpaired) electrons. The van der Waals surface area contributed by atoms with Crippen LogP contribution in [0, 0.1) is 0 Å². The first kappa shape index (κ1) is 25.2. The number of carbonyl (C=O) groups excluding carboxylic acids is 2. The van der Waals surface area contributed by atoms with Crippen LogP contribution in [-0.4, -0.2) is 42.0 Å². The van der Waals surface area contributed by atoms with E-state index in [2.05, 4.69) is 5.32 Å². The van der Waals surface area contributed by atoms with Crippen LogP contribution in [0.4, 0.5) is 0 Å². The van der Waals surface area contributed by atoms with Crippen molar-refractivity contribution >= 4 is 11.8 Å². The third kappa shape index (κ3) is 8.25. The summed E-state index contributed by atoms with van der Waals surface area (Å²) in [5, 5.41) is 3.02. The summed E-state index contributed by atoms with van der Waals surface area (Å²) in [5.41, 5.74) is 0.574. The van der Waals surface area contributed by atoms with Gasteiger partial charge < -0.3 is 19.7 Å². The molecule has 0 bridgehead atoms. The number of methoxy groups -OCH3 is 1. The van der Waals surface area contributed by atoms with Gasteiger partial charge in [-0.3, -0.25) is 9.59 Å². The molecule has 0 aliphatic rings. The largest absolute Gasteiger partial charge is 0.497 e. The highest BCUT2D eigenvalue weighted by Gasteiger charge is 2.30. The maximum absolute atomic E-state index is 13.2. The van der Waals surface area contributed by atoms with Crippen LogP contribution in [0.1, 0.15) is 52.5 Å². The van der Waals surface area contributed by atoms with E-state index in [-0.39, 0.29) is 17.4 Å². The molecule has 0 aromatic heterocycles. The Bertz CT molecular complexity index is 844. The Morgan fingerprint density at radius 1 is 1.00 bits per heavy atom. The van der Waals surface area contributed by atoms with Crippen molar-refractivity contribution in [3.05, 3.63) is 60.2 Å². The van der Waals surface area contributed by atoms with Gasteiger partial charge in [-0.1, -0.05) is 37.3 Å². The van der Waals surface area contributed by atoms with Crippen molar-refractivity contribution in [1.29, 1.82) is 0 Å². The Hall–Kier alpha value is -3.02. The first-order chi connectivity index (χ1) is 15.2. The molecule has 174 valence electrons. The van der Waals surface area contributed by atoms with Gasteiger partial charge >= 0.3 is 0 Å². The third-order valence-corrected chi connectivity index (χ3v) is 4.94. The lowest BCUT2D eigenvalue weighted by molar-refractivity contribution is -0.142. The lowest BCUT2D eigenvalue weighted by atomic mass is 10.0. The molecule has 0 aliphatic carbocycles. The minimum atomic E-state index is -0.543. The summed E-state index contributed by atoms with van der Waals surface area (Å²) >= 11 is 0. The van der Waals surface area contributed by atoms with Crippen molar-refractivity contribution in [2.75, 3.05) is 13.7 Å². The predicted octanol–water partition coefficient (Wildman–Crippen LogP) is 4.58. The molecule has 0 saturated carbocycles. The van der Waals surface area contributed by atoms with Gasteiger partial charge in [-0.2, -0.15) is 0 Å². The van der Waals surface area contributed by atoms with Gasteiger partial charge in [-0.05, 0) is 63.4 Å². The quantitative estimate of drug-likeness (QED) is 0.520. The maximum atomic E-state index is 13.2. The minimum Gasteiger partial charge on any atom is -0.497 e. The van der Waals surface area contributed by atoms with Gasteiger partial charge in [0.1, 0.15) is 17.5 Å². The summed E-state index contributed by atoms with van der Waals surface area (Å²) in [4.78, 5) is 27.9. The van der Waals surface area contributed by atoms with Crippen LogP contribution in [0.25, 0.3) is 0 Å². The molecular weight excluding hydrogens is 404 g/mol. The van der Waals surface area contributed by atoms with Crippen LogP contribution in [-0.2, 0) is 16.1 Å². The standard InChI is InChI=1S/C26H36N2O4/c1-6-23(25(30)27-26(2,3)4)28(19-20-14-16-21(31-5)17-15-20)24(29)13-10-18-32-22-11-8-7-9-12-22/h7-9,11-12,14-17,23H,6,10,13,18-19H2,1-5H3,(H,27,30). The highest BCUT2D eigenvalue weighted by atomic mass is 16.5. The summed E-state index contributed by atoms with van der Waals surface area (Å²) in [6, 6.07) is 16.6. The number of para-hydroxylation sites is 1. The minimum absolute atomic E-state index is 0.0617. The maximum Gasteiger partial charge on any atom is 0.243 e. The summed E-state index contributed by atoms with van der Waals surface area (Å²) in [6.07, 6.45) is 1.41. The van der Waals surface area contributed by atoms with Crippen LogP contribution in [0.2, 0.25) is 0 Å². The van der Waals surface area contributed by atoms with Crippen molar-refractivity contribution in [2.24, 2.45) is 0 Å². The first-order valence-electron chi connectivity index (χ1n) is 11.2. The molecule has 2 rings (SSSR count). The van der Waals surface area contributed by atoms with Gasteiger partial charge in [0.15, 0.2) is 0 Å². The van der Waals surface area contributed by atoms with Gasteiger partial charge in [0, 0.05) is 18.5 Å². The SMILES string of the molecule is CCC(C(=O)NC(C)(C)C)N(Cc1ccc(OC)cc1)C(=O)CCCOc1ccccc1. The smallest absolute Gasteiger partial charge is 0.243 e. The molecule has 0 spiro atoms. The fourth-order valence-corrected chi connectivity index (χ4v) is 3.37. The average molecular weight is 441 g/mol. The van der Waals surface area contributed by atoms with Crippen LogP contribution in [0.3, 0.4) is 0 Å². The van der Waals surface area contributed by atoms with E-state index in [1.807, 2.05) is 82.3 Å². The second-order valence-corrected chi connectivity index (χ2v) is 8.80. The van der Waals surface area contributed by atoms with E-state index in [1.165, 1.54) is 0 Å². The molecule has 0 heterocycles. The monoisotopic (exact) mass is 440 g/mol. The van der Waals surface area contributed by atoms with E-state index in [4.69, 9.17) is 9.47 Å². The summed E-state index contributed by atoms with van der Waals surface area (Å²) in [7, 11) is 1.62. The third-order valence-electron chi connectivity index (χ3n) is 4.94. The lowest BCUT2D eigenvalue weighted by Gasteiger charge is -2.33. The molecule has 2 aromatic carbocycles. The zero-order valence-electron chi connectivity index (χ0n) is 19.9. The molecule has 0 aliphatic heterocycles. The number of nitrogens with one attached hydrogen (secondary N) is 1. The molecule has 1 N–H and O–H groups in total. The van der Waals surface area contributed by atoms with Crippen molar-refractivity contribution in [2.45, 2.75) is 65.1 Å². The van der Waals surface area contributed by atoms with Gasteiger partial charge in [-0.15, -0.1) is 0 Å². The van der Waals surface area contributed by atoms with E-state index in [9.17, 15) is 9.59 Å². The van der Waals surface area contributed by atoms with Crippen LogP contribution in [0.15, 0.2) is 54.6 Å². The molecule has 0 saturated heterocycles. The topological polar surface area (TPSA) is 67.9 Å². The van der Waals surface area contributed by atoms with E-state index < -0.39 is 6.04 Å². The van der Waals surface area contributed by atoms with Gasteiger partial charge in [-0.25, -0.2) is 0 Å². The highest BCUT2D eigenvalue weighted by Crippen LogP contribution is 2.18. The summed E-state index contributed by atoms with van der Waals surface area (Å²) in [6.45, 7) is 8.55. The fraction of sp³-hybridized carbons (Fsp3) is 0.462.